The van der Waals surface area contributed by atoms with Crippen molar-refractivity contribution in [2.75, 3.05) is 11.1 Å². The summed E-state index contributed by atoms with van der Waals surface area (Å²) in [7, 11) is 1.77. The number of nitrogens with one attached hydrogen (secondary N) is 1. The summed E-state index contributed by atoms with van der Waals surface area (Å²) >= 11 is 0. The molecule has 0 aliphatic rings. The van der Waals surface area contributed by atoms with Crippen LogP contribution in [0, 0.1) is 0 Å². The number of rotatable bonds is 3. The fraction of sp³-hybridized carbons (Fsp3) is 0.300. The van der Waals surface area contributed by atoms with Crippen molar-refractivity contribution in [1.29, 1.82) is 0 Å². The van der Waals surface area contributed by atoms with E-state index in [2.05, 4.69) is 15.5 Å². The largest absolute Gasteiger partial charge is 0.396 e. The summed E-state index contributed by atoms with van der Waals surface area (Å²) in [5.41, 5.74) is 6.93. The predicted molar refractivity (Wildman–Crippen MR) is 63.5 cm³/mol. The second kappa shape index (κ2) is 4.28. The van der Waals surface area contributed by atoms with Crippen LogP contribution in [0.25, 0.3) is 0 Å². The molecule has 0 aliphatic heterocycles. The van der Waals surface area contributed by atoms with Crippen LogP contribution in [0.3, 0.4) is 0 Å². The second-order valence-electron chi connectivity index (χ2n) is 3.65. The highest BCUT2D eigenvalue weighted by Gasteiger charge is 2.15. The number of aryl methyl sites for hydroxylation is 2. The molecule has 2 aromatic heterocycles. The molecule has 2 rings (SSSR count). The molecule has 0 spiro atoms. The fourth-order valence-corrected chi connectivity index (χ4v) is 1.45. The van der Waals surface area contributed by atoms with Crippen molar-refractivity contribution in [2.24, 2.45) is 7.05 Å². The van der Waals surface area contributed by atoms with Gasteiger partial charge in [0, 0.05) is 26.0 Å². The van der Waals surface area contributed by atoms with Crippen LogP contribution in [-0.2, 0) is 13.6 Å². The van der Waals surface area contributed by atoms with Gasteiger partial charge in [-0.15, -0.1) is 0 Å². The van der Waals surface area contributed by atoms with Crippen LogP contribution in [0.4, 0.5) is 11.4 Å². The van der Waals surface area contributed by atoms with Gasteiger partial charge in [-0.05, 0) is 6.92 Å². The van der Waals surface area contributed by atoms with Crippen LogP contribution in [0.15, 0.2) is 18.6 Å². The number of hydrogen-bond donors (Lipinski definition) is 2. The Hall–Kier alpha value is -2.31. The third-order valence-corrected chi connectivity index (χ3v) is 2.29. The average Bonchev–Trinajstić information content (AvgIpc) is 2.85. The molecule has 0 atom stereocenters. The summed E-state index contributed by atoms with van der Waals surface area (Å²) in [6, 6.07) is 0. The minimum Gasteiger partial charge on any atom is -0.396 e. The molecule has 3 N–H and O–H groups in total. The highest BCUT2D eigenvalue weighted by Crippen LogP contribution is 2.12. The average molecular weight is 234 g/mol. The SMILES string of the molecule is CCn1cc(N)c(C(=O)Nc2cnn(C)c2)n1. The maximum Gasteiger partial charge on any atom is 0.278 e. The van der Waals surface area contributed by atoms with E-state index in [4.69, 9.17) is 5.73 Å². The molecule has 0 radical (unpaired) electrons. The monoisotopic (exact) mass is 234 g/mol. The Kier molecular flexibility index (Phi) is 2.82. The molecule has 90 valence electrons. The number of nitrogens with two attached hydrogens (primary N) is 1. The molecule has 0 saturated heterocycles. The van der Waals surface area contributed by atoms with E-state index in [9.17, 15) is 4.79 Å². The lowest BCUT2D eigenvalue weighted by atomic mass is 10.3. The van der Waals surface area contributed by atoms with Crippen LogP contribution < -0.4 is 11.1 Å². The van der Waals surface area contributed by atoms with Gasteiger partial charge >= 0.3 is 0 Å². The Labute approximate surface area is 98.2 Å². The molecule has 0 aromatic carbocycles. The molecule has 2 aromatic rings. The van der Waals surface area contributed by atoms with E-state index in [1.54, 1.807) is 35.0 Å². The Balaban J connectivity index is 2.16. The summed E-state index contributed by atoms with van der Waals surface area (Å²) < 4.78 is 3.22. The molecule has 0 bridgehead atoms. The summed E-state index contributed by atoms with van der Waals surface area (Å²) in [6.45, 7) is 2.60. The lowest BCUT2D eigenvalue weighted by Gasteiger charge is -1.99. The van der Waals surface area contributed by atoms with Gasteiger partial charge in [0.1, 0.15) is 0 Å². The summed E-state index contributed by atoms with van der Waals surface area (Å²) in [5.74, 6) is -0.331. The molecular formula is C10H14N6O. The number of carbonyl (C=O) groups excluding carboxylic acids is 1. The van der Waals surface area contributed by atoms with Gasteiger partial charge in [-0.1, -0.05) is 0 Å². The summed E-state index contributed by atoms with van der Waals surface area (Å²) in [6.07, 6.45) is 4.90. The van der Waals surface area contributed by atoms with Crippen molar-refractivity contribution < 1.29 is 4.79 Å². The zero-order chi connectivity index (χ0) is 12.4. The zero-order valence-electron chi connectivity index (χ0n) is 9.71. The van der Waals surface area contributed by atoms with Gasteiger partial charge in [0.05, 0.1) is 17.6 Å². The first-order chi connectivity index (χ1) is 8.10. The van der Waals surface area contributed by atoms with Gasteiger partial charge in [-0.3, -0.25) is 14.2 Å². The van der Waals surface area contributed by atoms with Crippen LogP contribution in [0.2, 0.25) is 0 Å². The Morgan fingerprint density at radius 3 is 2.82 bits per heavy atom. The fourth-order valence-electron chi connectivity index (χ4n) is 1.45. The van der Waals surface area contributed by atoms with E-state index in [1.807, 2.05) is 6.92 Å². The van der Waals surface area contributed by atoms with Crippen LogP contribution in [-0.4, -0.2) is 25.5 Å². The van der Waals surface area contributed by atoms with Gasteiger partial charge in [-0.2, -0.15) is 10.2 Å². The molecule has 0 unspecified atom stereocenters. The molecule has 17 heavy (non-hydrogen) atoms. The molecule has 2 heterocycles. The standard InChI is InChI=1S/C10H14N6O/c1-3-16-6-8(11)9(14-16)10(17)13-7-4-12-15(2)5-7/h4-6H,3,11H2,1-2H3,(H,13,17). The summed E-state index contributed by atoms with van der Waals surface area (Å²) in [4.78, 5) is 11.9. The van der Waals surface area contributed by atoms with E-state index < -0.39 is 0 Å². The Bertz CT molecular complexity index is 541. The van der Waals surface area contributed by atoms with Gasteiger partial charge in [0.25, 0.3) is 5.91 Å². The van der Waals surface area contributed by atoms with Crippen molar-refractivity contribution in [3.8, 4) is 0 Å². The number of nitrogens with zero attached hydrogens (tertiary/aromatic N) is 4. The van der Waals surface area contributed by atoms with Crippen molar-refractivity contribution >= 4 is 17.3 Å². The van der Waals surface area contributed by atoms with Crippen molar-refractivity contribution in [3.63, 3.8) is 0 Å². The van der Waals surface area contributed by atoms with Crippen LogP contribution in [0.1, 0.15) is 17.4 Å². The van der Waals surface area contributed by atoms with Crippen LogP contribution >= 0.6 is 0 Å². The Morgan fingerprint density at radius 1 is 1.53 bits per heavy atom. The topological polar surface area (TPSA) is 90.8 Å². The molecule has 0 aliphatic carbocycles. The zero-order valence-corrected chi connectivity index (χ0v) is 9.71. The minimum absolute atomic E-state index is 0.232. The molecule has 7 nitrogen and oxygen atoms in total. The van der Waals surface area contributed by atoms with Gasteiger partial charge in [-0.25, -0.2) is 0 Å². The lowest BCUT2D eigenvalue weighted by Crippen LogP contribution is -2.14. The normalized spacial score (nSPS) is 10.5. The van der Waals surface area contributed by atoms with E-state index in [0.29, 0.717) is 17.9 Å². The molecular weight excluding hydrogens is 220 g/mol. The first-order valence-corrected chi connectivity index (χ1v) is 5.23. The molecule has 0 saturated carbocycles. The maximum absolute atomic E-state index is 11.9. The lowest BCUT2D eigenvalue weighted by molar-refractivity contribution is 0.102. The predicted octanol–water partition coefficient (Wildman–Crippen LogP) is 0.471. The number of amides is 1. The number of aromatic nitrogens is 4. The third-order valence-electron chi connectivity index (χ3n) is 2.29. The highest BCUT2D eigenvalue weighted by atomic mass is 16.2. The van der Waals surface area contributed by atoms with Gasteiger partial charge in [0.2, 0.25) is 0 Å². The number of nitrogen functional groups attached to an aromatic ring is 1. The maximum atomic E-state index is 11.9. The quantitative estimate of drug-likeness (QED) is 0.807. The molecule has 0 fully saturated rings. The smallest absolute Gasteiger partial charge is 0.278 e. The summed E-state index contributed by atoms with van der Waals surface area (Å²) in [5, 5.41) is 10.7. The Morgan fingerprint density at radius 2 is 2.29 bits per heavy atom. The number of carbonyl (C=O) groups is 1. The molecule has 7 heteroatoms. The van der Waals surface area contributed by atoms with Crippen molar-refractivity contribution in [3.05, 3.63) is 24.3 Å². The van der Waals surface area contributed by atoms with E-state index >= 15 is 0 Å². The van der Waals surface area contributed by atoms with Gasteiger partial charge < -0.3 is 11.1 Å². The highest BCUT2D eigenvalue weighted by molar-refractivity contribution is 6.06. The van der Waals surface area contributed by atoms with Crippen LogP contribution in [0.5, 0.6) is 0 Å². The van der Waals surface area contributed by atoms with Gasteiger partial charge in [0.15, 0.2) is 5.69 Å². The number of hydrogen-bond acceptors (Lipinski definition) is 4. The van der Waals surface area contributed by atoms with E-state index in [0.717, 1.165) is 0 Å². The third kappa shape index (κ3) is 2.27. The van der Waals surface area contributed by atoms with Crippen molar-refractivity contribution in [2.45, 2.75) is 13.5 Å². The van der Waals surface area contributed by atoms with E-state index in [1.165, 1.54) is 0 Å². The second-order valence-corrected chi connectivity index (χ2v) is 3.65. The first kappa shape index (κ1) is 11.2. The first-order valence-electron chi connectivity index (χ1n) is 5.23. The van der Waals surface area contributed by atoms with E-state index in [-0.39, 0.29) is 11.6 Å². The van der Waals surface area contributed by atoms with Crippen molar-refractivity contribution in [1.82, 2.24) is 19.6 Å². The number of anilines is 2. The molecule has 1 amide bonds. The minimum atomic E-state index is -0.331.